The molecule has 6 heteroatoms. The number of rotatable bonds is 4. The molecule has 2 aromatic carbocycles. The van der Waals surface area contributed by atoms with Crippen LogP contribution in [0.2, 0.25) is 10.0 Å². The zero-order chi connectivity index (χ0) is 18.7. The Morgan fingerprint density at radius 3 is 2.38 bits per heavy atom. The molecule has 0 spiro atoms. The first-order valence-electron chi connectivity index (χ1n) is 7.49. The molecular weight excluding hydrogens is 373 g/mol. The Hall–Kier alpha value is -3.00. The van der Waals surface area contributed by atoms with Crippen LogP contribution in [-0.2, 0) is 0 Å². The van der Waals surface area contributed by atoms with Gasteiger partial charge in [0, 0.05) is 5.56 Å². The van der Waals surface area contributed by atoms with Gasteiger partial charge in [-0.25, -0.2) is 4.79 Å². The number of carbonyl (C=O) groups is 1. The summed E-state index contributed by atoms with van der Waals surface area (Å²) in [7, 11) is 0. The van der Waals surface area contributed by atoms with Gasteiger partial charge in [0.1, 0.15) is 11.5 Å². The molecule has 3 rings (SSSR count). The molecule has 3 aromatic rings. The fraction of sp³-hybridized carbons (Fsp3) is 0. The highest BCUT2D eigenvalue weighted by Crippen LogP contribution is 2.34. The fourth-order valence-corrected chi connectivity index (χ4v) is 2.78. The lowest BCUT2D eigenvalue weighted by Crippen LogP contribution is -1.95. The Morgan fingerprint density at radius 2 is 1.73 bits per heavy atom. The average molecular weight is 384 g/mol. The maximum atomic E-state index is 10.9. The average Bonchev–Trinajstić information content (AvgIpc) is 3.10. The molecule has 0 amide bonds. The molecule has 0 unspecified atom stereocenters. The van der Waals surface area contributed by atoms with Crippen molar-refractivity contribution in [2.24, 2.45) is 0 Å². The number of nitriles is 1. The van der Waals surface area contributed by atoms with E-state index in [-0.39, 0.29) is 5.56 Å². The first kappa shape index (κ1) is 17.8. The summed E-state index contributed by atoms with van der Waals surface area (Å²) in [5, 5.41) is 19.2. The third kappa shape index (κ3) is 3.65. The molecule has 1 aromatic heterocycles. The van der Waals surface area contributed by atoms with Gasteiger partial charge in [0.2, 0.25) is 0 Å². The number of carboxylic acids is 1. The Kier molecular flexibility index (Phi) is 5.13. The maximum Gasteiger partial charge on any atom is 0.335 e. The smallest absolute Gasteiger partial charge is 0.335 e. The minimum Gasteiger partial charge on any atom is -0.478 e. The number of carboxylic acid groups (broad SMARTS) is 1. The summed E-state index contributed by atoms with van der Waals surface area (Å²) >= 11 is 12.2. The lowest BCUT2D eigenvalue weighted by molar-refractivity contribution is 0.0697. The lowest BCUT2D eigenvalue weighted by Gasteiger charge is -2.02. The summed E-state index contributed by atoms with van der Waals surface area (Å²) in [5.74, 6) is -0.0229. The van der Waals surface area contributed by atoms with Crippen molar-refractivity contribution >= 4 is 40.8 Å². The van der Waals surface area contributed by atoms with Crippen LogP contribution in [0.15, 0.2) is 59.0 Å². The van der Waals surface area contributed by atoms with E-state index in [1.165, 1.54) is 12.1 Å². The molecule has 1 heterocycles. The van der Waals surface area contributed by atoms with Crippen LogP contribution in [0.5, 0.6) is 0 Å². The zero-order valence-electron chi connectivity index (χ0n) is 13.2. The number of furan rings is 1. The van der Waals surface area contributed by atoms with E-state index < -0.39 is 5.97 Å². The second kappa shape index (κ2) is 7.49. The monoisotopic (exact) mass is 383 g/mol. The molecule has 0 fully saturated rings. The van der Waals surface area contributed by atoms with Gasteiger partial charge < -0.3 is 9.52 Å². The van der Waals surface area contributed by atoms with Crippen molar-refractivity contribution < 1.29 is 14.3 Å². The second-order valence-corrected chi connectivity index (χ2v) is 6.14. The summed E-state index contributed by atoms with van der Waals surface area (Å²) in [6.45, 7) is 0. The van der Waals surface area contributed by atoms with E-state index in [0.717, 1.165) is 0 Å². The SMILES string of the molecule is N#CC(=Cc1ccc(-c2cccc(Cl)c2Cl)o1)c1ccc(C(=O)O)cc1. The highest BCUT2D eigenvalue weighted by molar-refractivity contribution is 6.43. The van der Waals surface area contributed by atoms with Gasteiger partial charge in [-0.3, -0.25) is 0 Å². The van der Waals surface area contributed by atoms with Crippen LogP contribution < -0.4 is 0 Å². The molecule has 0 radical (unpaired) electrons. The number of hydrogen-bond acceptors (Lipinski definition) is 3. The number of halogens is 2. The van der Waals surface area contributed by atoms with Crippen molar-refractivity contribution in [3.8, 4) is 17.4 Å². The van der Waals surface area contributed by atoms with Gasteiger partial charge in [0.15, 0.2) is 0 Å². The molecule has 0 bridgehead atoms. The van der Waals surface area contributed by atoms with E-state index in [2.05, 4.69) is 6.07 Å². The van der Waals surface area contributed by atoms with Gasteiger partial charge in [0.05, 0.1) is 27.3 Å². The first-order chi connectivity index (χ1) is 12.5. The fourth-order valence-electron chi connectivity index (χ4n) is 2.38. The normalized spacial score (nSPS) is 11.2. The van der Waals surface area contributed by atoms with E-state index >= 15 is 0 Å². The molecular formula is C20H11Cl2NO3. The highest BCUT2D eigenvalue weighted by atomic mass is 35.5. The maximum absolute atomic E-state index is 10.9. The number of aromatic carboxylic acids is 1. The lowest BCUT2D eigenvalue weighted by atomic mass is 10.0. The van der Waals surface area contributed by atoms with Crippen LogP contribution in [0.4, 0.5) is 0 Å². The van der Waals surface area contributed by atoms with Crippen LogP contribution >= 0.6 is 23.2 Å². The van der Waals surface area contributed by atoms with Gasteiger partial charge in [-0.2, -0.15) is 5.26 Å². The number of benzene rings is 2. The molecule has 0 saturated carbocycles. The quantitative estimate of drug-likeness (QED) is 0.559. The molecule has 0 atom stereocenters. The van der Waals surface area contributed by atoms with Crippen molar-refractivity contribution in [2.75, 3.05) is 0 Å². The Labute approximate surface area is 159 Å². The number of hydrogen-bond donors (Lipinski definition) is 1. The standard InChI is InChI=1S/C20H11Cl2NO3/c21-17-3-1-2-16(19(17)22)18-9-8-15(26-18)10-14(11-23)12-4-6-13(7-5-12)20(24)25/h1-10H,(H,24,25). The summed E-state index contributed by atoms with van der Waals surface area (Å²) in [6.07, 6.45) is 1.58. The van der Waals surface area contributed by atoms with Crippen LogP contribution in [0.25, 0.3) is 23.0 Å². The van der Waals surface area contributed by atoms with E-state index in [9.17, 15) is 10.1 Å². The van der Waals surface area contributed by atoms with Crippen LogP contribution in [-0.4, -0.2) is 11.1 Å². The predicted molar refractivity (Wildman–Crippen MR) is 101 cm³/mol. The van der Waals surface area contributed by atoms with Gasteiger partial charge in [-0.1, -0.05) is 41.4 Å². The summed E-state index contributed by atoms with van der Waals surface area (Å²) in [4.78, 5) is 10.9. The van der Waals surface area contributed by atoms with E-state index in [1.54, 1.807) is 48.5 Å². The third-order valence-corrected chi connectivity index (χ3v) is 4.51. The molecule has 1 N–H and O–H groups in total. The highest BCUT2D eigenvalue weighted by Gasteiger charge is 2.11. The Bertz CT molecular complexity index is 1040. The van der Waals surface area contributed by atoms with Crippen LogP contribution in [0.1, 0.15) is 21.7 Å². The van der Waals surface area contributed by atoms with Crippen LogP contribution in [0.3, 0.4) is 0 Å². The molecule has 0 aliphatic rings. The molecule has 128 valence electrons. The number of allylic oxidation sites excluding steroid dienone is 1. The third-order valence-electron chi connectivity index (χ3n) is 3.69. The molecule has 0 saturated heterocycles. The zero-order valence-corrected chi connectivity index (χ0v) is 14.8. The molecule has 26 heavy (non-hydrogen) atoms. The van der Waals surface area contributed by atoms with Gasteiger partial charge in [-0.05, 0) is 48.0 Å². The van der Waals surface area contributed by atoms with E-state index in [0.29, 0.717) is 38.3 Å². The van der Waals surface area contributed by atoms with Crippen LogP contribution in [0, 0.1) is 11.3 Å². The van der Waals surface area contributed by atoms with E-state index in [4.69, 9.17) is 32.7 Å². The molecule has 4 nitrogen and oxygen atoms in total. The van der Waals surface area contributed by atoms with Crippen molar-refractivity contribution in [2.45, 2.75) is 0 Å². The molecule has 0 aliphatic heterocycles. The largest absolute Gasteiger partial charge is 0.478 e. The van der Waals surface area contributed by atoms with E-state index in [1.807, 2.05) is 0 Å². The Morgan fingerprint density at radius 1 is 1.04 bits per heavy atom. The number of nitrogens with zero attached hydrogens (tertiary/aromatic N) is 1. The van der Waals surface area contributed by atoms with Crippen molar-refractivity contribution in [1.29, 1.82) is 5.26 Å². The minimum absolute atomic E-state index is 0.155. The topological polar surface area (TPSA) is 74.2 Å². The van der Waals surface area contributed by atoms with Crippen molar-refractivity contribution in [1.82, 2.24) is 0 Å². The van der Waals surface area contributed by atoms with Crippen molar-refractivity contribution in [3.05, 3.63) is 81.5 Å². The van der Waals surface area contributed by atoms with Gasteiger partial charge >= 0.3 is 5.97 Å². The Balaban J connectivity index is 1.94. The summed E-state index contributed by atoms with van der Waals surface area (Å²) in [6, 6.07) is 16.8. The first-order valence-corrected chi connectivity index (χ1v) is 8.25. The van der Waals surface area contributed by atoms with Gasteiger partial charge in [-0.15, -0.1) is 0 Å². The summed E-state index contributed by atoms with van der Waals surface area (Å²) < 4.78 is 5.76. The molecule has 0 aliphatic carbocycles. The predicted octanol–water partition coefficient (Wildman–Crippen LogP) is 6.02. The summed E-state index contributed by atoms with van der Waals surface area (Å²) in [5.41, 5.74) is 1.75. The minimum atomic E-state index is -1.02. The van der Waals surface area contributed by atoms with Gasteiger partial charge in [0.25, 0.3) is 0 Å². The van der Waals surface area contributed by atoms with Crippen molar-refractivity contribution in [3.63, 3.8) is 0 Å². The second-order valence-electron chi connectivity index (χ2n) is 5.36.